The van der Waals surface area contributed by atoms with E-state index in [4.69, 9.17) is 0 Å². The molecule has 0 saturated carbocycles. The largest absolute Gasteiger partial charge is 0.387 e. The minimum atomic E-state index is -0.972. The van der Waals surface area contributed by atoms with Gasteiger partial charge in [-0.1, -0.05) is 32.9 Å². The second kappa shape index (κ2) is 5.15. The van der Waals surface area contributed by atoms with E-state index in [1.54, 1.807) is 0 Å². The molecular weight excluding hydrogens is 230 g/mol. The van der Waals surface area contributed by atoms with E-state index in [-0.39, 0.29) is 10.3 Å². The fourth-order valence-electron chi connectivity index (χ4n) is 1.20. The lowest BCUT2D eigenvalue weighted by Crippen LogP contribution is -2.13. The minimum Gasteiger partial charge on any atom is -0.387 e. The first-order chi connectivity index (χ1) is 7.31. The molecular formula is C12H16F2OS. The lowest BCUT2D eigenvalue weighted by atomic mass is 10.1. The number of aliphatic hydroxyl groups is 1. The van der Waals surface area contributed by atoms with E-state index in [0.717, 1.165) is 6.07 Å². The normalized spacial score (nSPS) is 13.9. The third-order valence-corrected chi connectivity index (χ3v) is 3.36. The molecule has 1 nitrogen and oxygen atoms in total. The Bertz CT molecular complexity index is 361. The van der Waals surface area contributed by atoms with Crippen LogP contribution in [0.3, 0.4) is 0 Å². The molecule has 0 aromatic heterocycles. The fourth-order valence-corrected chi connectivity index (χ4v) is 2.03. The molecule has 0 aliphatic rings. The predicted octanol–water partition coefficient (Wildman–Crippen LogP) is 3.53. The molecule has 1 aromatic carbocycles. The van der Waals surface area contributed by atoms with Crippen molar-refractivity contribution < 1.29 is 13.9 Å². The molecule has 1 atom stereocenters. The van der Waals surface area contributed by atoms with Gasteiger partial charge in [-0.15, -0.1) is 0 Å². The SMILES string of the molecule is CC(C)(C)SCC(O)c1cccc(F)c1F. The Balaban J connectivity index is 2.73. The van der Waals surface area contributed by atoms with Gasteiger partial charge < -0.3 is 5.11 Å². The van der Waals surface area contributed by atoms with Crippen LogP contribution in [-0.2, 0) is 0 Å². The van der Waals surface area contributed by atoms with Crippen LogP contribution in [0.2, 0.25) is 0 Å². The summed E-state index contributed by atoms with van der Waals surface area (Å²) in [4.78, 5) is 0. The van der Waals surface area contributed by atoms with Gasteiger partial charge in [-0.3, -0.25) is 0 Å². The van der Waals surface area contributed by atoms with Crippen molar-refractivity contribution in [2.45, 2.75) is 31.6 Å². The Hall–Kier alpha value is -0.610. The third kappa shape index (κ3) is 3.76. The van der Waals surface area contributed by atoms with E-state index in [1.165, 1.54) is 23.9 Å². The second-order valence-electron chi connectivity index (χ2n) is 4.58. The summed E-state index contributed by atoms with van der Waals surface area (Å²) in [5.74, 6) is -1.52. The molecule has 0 spiro atoms. The van der Waals surface area contributed by atoms with Gasteiger partial charge in [-0.05, 0) is 6.07 Å². The highest BCUT2D eigenvalue weighted by Gasteiger charge is 2.19. The maximum atomic E-state index is 13.3. The highest BCUT2D eigenvalue weighted by atomic mass is 32.2. The smallest absolute Gasteiger partial charge is 0.164 e. The molecule has 0 heterocycles. The van der Waals surface area contributed by atoms with Crippen molar-refractivity contribution in [3.05, 3.63) is 35.4 Å². The van der Waals surface area contributed by atoms with Crippen molar-refractivity contribution in [2.24, 2.45) is 0 Å². The summed E-state index contributed by atoms with van der Waals surface area (Å²) in [7, 11) is 0. The second-order valence-corrected chi connectivity index (χ2v) is 6.43. The van der Waals surface area contributed by atoms with Crippen molar-refractivity contribution in [1.82, 2.24) is 0 Å². The summed E-state index contributed by atoms with van der Waals surface area (Å²) >= 11 is 1.51. The van der Waals surface area contributed by atoms with Gasteiger partial charge in [-0.25, -0.2) is 8.78 Å². The lowest BCUT2D eigenvalue weighted by molar-refractivity contribution is 0.197. The molecule has 0 saturated heterocycles. The molecule has 0 bridgehead atoms. The first-order valence-electron chi connectivity index (χ1n) is 5.07. The van der Waals surface area contributed by atoms with Gasteiger partial charge in [0.2, 0.25) is 0 Å². The maximum absolute atomic E-state index is 13.3. The van der Waals surface area contributed by atoms with Crippen LogP contribution in [-0.4, -0.2) is 15.6 Å². The van der Waals surface area contributed by atoms with Crippen molar-refractivity contribution >= 4 is 11.8 Å². The summed E-state index contributed by atoms with van der Waals surface area (Å²) in [6.07, 6.45) is -0.972. The molecule has 1 unspecified atom stereocenters. The summed E-state index contributed by atoms with van der Waals surface area (Å²) in [6.45, 7) is 6.02. The molecule has 1 aromatic rings. The van der Waals surface area contributed by atoms with E-state index in [9.17, 15) is 13.9 Å². The summed E-state index contributed by atoms with van der Waals surface area (Å²) < 4.78 is 26.2. The molecule has 16 heavy (non-hydrogen) atoms. The quantitative estimate of drug-likeness (QED) is 0.880. The number of hydrogen-bond donors (Lipinski definition) is 1. The zero-order valence-corrected chi connectivity index (χ0v) is 10.4. The Morgan fingerprint density at radius 3 is 2.50 bits per heavy atom. The van der Waals surface area contributed by atoms with Crippen LogP contribution in [0, 0.1) is 11.6 Å². The van der Waals surface area contributed by atoms with Crippen molar-refractivity contribution in [2.75, 3.05) is 5.75 Å². The van der Waals surface area contributed by atoms with E-state index in [2.05, 4.69) is 0 Å². The van der Waals surface area contributed by atoms with Gasteiger partial charge >= 0.3 is 0 Å². The monoisotopic (exact) mass is 246 g/mol. The predicted molar refractivity (Wildman–Crippen MR) is 63.5 cm³/mol. The van der Waals surface area contributed by atoms with Gasteiger partial charge in [0.25, 0.3) is 0 Å². The zero-order chi connectivity index (χ0) is 12.3. The van der Waals surface area contributed by atoms with Crippen molar-refractivity contribution in [3.63, 3.8) is 0 Å². The molecule has 0 radical (unpaired) electrons. The van der Waals surface area contributed by atoms with Crippen LogP contribution in [0.15, 0.2) is 18.2 Å². The maximum Gasteiger partial charge on any atom is 0.164 e. The summed E-state index contributed by atoms with van der Waals surface area (Å²) in [5, 5.41) is 9.76. The molecule has 4 heteroatoms. The molecule has 90 valence electrons. The van der Waals surface area contributed by atoms with Gasteiger partial charge in [0.05, 0.1) is 6.10 Å². The van der Waals surface area contributed by atoms with Gasteiger partial charge in [0, 0.05) is 16.1 Å². The highest BCUT2D eigenvalue weighted by Crippen LogP contribution is 2.29. The zero-order valence-electron chi connectivity index (χ0n) is 9.63. The van der Waals surface area contributed by atoms with Crippen LogP contribution in [0.25, 0.3) is 0 Å². The number of hydrogen-bond acceptors (Lipinski definition) is 2. The van der Waals surface area contributed by atoms with Crippen molar-refractivity contribution in [1.29, 1.82) is 0 Å². The number of rotatable bonds is 3. The van der Waals surface area contributed by atoms with E-state index < -0.39 is 17.7 Å². The summed E-state index contributed by atoms with van der Waals surface area (Å²) in [6, 6.07) is 3.85. The Kier molecular flexibility index (Phi) is 4.33. The highest BCUT2D eigenvalue weighted by molar-refractivity contribution is 8.00. The van der Waals surface area contributed by atoms with E-state index in [1.807, 2.05) is 20.8 Å². The number of aliphatic hydroxyl groups excluding tert-OH is 1. The van der Waals surface area contributed by atoms with Crippen LogP contribution in [0.1, 0.15) is 32.4 Å². The fraction of sp³-hybridized carbons (Fsp3) is 0.500. The molecule has 0 fully saturated rings. The topological polar surface area (TPSA) is 20.2 Å². The average Bonchev–Trinajstić information content (AvgIpc) is 2.17. The van der Waals surface area contributed by atoms with Crippen LogP contribution < -0.4 is 0 Å². The first-order valence-corrected chi connectivity index (χ1v) is 6.06. The third-order valence-electron chi connectivity index (χ3n) is 2.01. The minimum absolute atomic E-state index is 0.00915. The van der Waals surface area contributed by atoms with Crippen LogP contribution in [0.4, 0.5) is 8.78 Å². The van der Waals surface area contributed by atoms with Crippen molar-refractivity contribution in [3.8, 4) is 0 Å². The van der Waals surface area contributed by atoms with Gasteiger partial charge in [0.15, 0.2) is 11.6 Å². The Morgan fingerprint density at radius 2 is 1.94 bits per heavy atom. The lowest BCUT2D eigenvalue weighted by Gasteiger charge is -2.20. The van der Waals surface area contributed by atoms with Gasteiger partial charge in [-0.2, -0.15) is 11.8 Å². The van der Waals surface area contributed by atoms with Crippen LogP contribution in [0.5, 0.6) is 0 Å². The summed E-state index contributed by atoms with van der Waals surface area (Å²) in [5.41, 5.74) is 0.0248. The molecule has 0 aliphatic heterocycles. The number of benzene rings is 1. The van der Waals surface area contributed by atoms with E-state index in [0.29, 0.717) is 5.75 Å². The number of thioether (sulfide) groups is 1. The standard InChI is InChI=1S/C12H16F2OS/c1-12(2,3)16-7-10(15)8-5-4-6-9(13)11(8)14/h4-6,10,15H,7H2,1-3H3. The van der Waals surface area contributed by atoms with Gasteiger partial charge in [0.1, 0.15) is 0 Å². The average molecular weight is 246 g/mol. The molecule has 0 aliphatic carbocycles. The first kappa shape index (κ1) is 13.5. The Morgan fingerprint density at radius 1 is 1.31 bits per heavy atom. The van der Waals surface area contributed by atoms with E-state index >= 15 is 0 Å². The van der Waals surface area contributed by atoms with Crippen LogP contribution >= 0.6 is 11.8 Å². The number of halogens is 2. The molecule has 1 rings (SSSR count). The molecule has 1 N–H and O–H groups in total. The molecule has 0 amide bonds. The Labute approximate surface area is 98.9 Å².